The van der Waals surface area contributed by atoms with Crippen LogP contribution in [0.1, 0.15) is 16.0 Å². The summed E-state index contributed by atoms with van der Waals surface area (Å²) in [7, 11) is -2.15. The summed E-state index contributed by atoms with van der Waals surface area (Å²) in [5.74, 6) is 0.686. The molecule has 0 radical (unpaired) electrons. The number of methoxy groups -OCH3 is 1. The molecule has 1 aromatic heterocycles. The van der Waals surface area contributed by atoms with E-state index < -0.39 is 10.0 Å². The van der Waals surface area contributed by atoms with E-state index in [2.05, 4.69) is 16.3 Å². The van der Waals surface area contributed by atoms with Gasteiger partial charge >= 0.3 is 0 Å². The topological polar surface area (TPSA) is 59.1 Å². The Kier molecular flexibility index (Phi) is 7.15. The summed E-state index contributed by atoms with van der Waals surface area (Å²) < 4.78 is 39.6. The lowest BCUT2D eigenvalue weighted by atomic mass is 10.2. The van der Waals surface area contributed by atoms with Gasteiger partial charge in [-0.25, -0.2) is 8.42 Å². The van der Waals surface area contributed by atoms with Gasteiger partial charge in [0.05, 0.1) is 37.5 Å². The van der Waals surface area contributed by atoms with Crippen molar-refractivity contribution < 1.29 is 17.9 Å². The van der Waals surface area contributed by atoms with Gasteiger partial charge in [-0.2, -0.15) is 0 Å². The average Bonchev–Trinajstić information content (AvgIpc) is 3.25. The van der Waals surface area contributed by atoms with Crippen LogP contribution in [0.5, 0.6) is 5.75 Å². The van der Waals surface area contributed by atoms with Gasteiger partial charge in [-0.05, 0) is 59.8 Å². The summed E-state index contributed by atoms with van der Waals surface area (Å²) in [5, 5.41) is 2.12. The first-order valence-electron chi connectivity index (χ1n) is 10.6. The van der Waals surface area contributed by atoms with Crippen LogP contribution in [0.25, 0.3) is 0 Å². The molecule has 1 aliphatic heterocycles. The zero-order valence-corrected chi connectivity index (χ0v) is 20.0. The van der Waals surface area contributed by atoms with E-state index in [-0.39, 0.29) is 6.54 Å². The Hall–Kier alpha value is -2.39. The zero-order valence-electron chi connectivity index (χ0n) is 18.4. The fourth-order valence-electron chi connectivity index (χ4n) is 3.78. The van der Waals surface area contributed by atoms with E-state index in [1.165, 1.54) is 9.87 Å². The van der Waals surface area contributed by atoms with Crippen LogP contribution in [0.4, 0.5) is 5.69 Å². The molecule has 0 bridgehead atoms. The van der Waals surface area contributed by atoms with E-state index >= 15 is 0 Å². The molecule has 3 aromatic rings. The minimum absolute atomic E-state index is 0.275. The molecule has 1 fully saturated rings. The molecular formula is C24H28N2O4S2. The van der Waals surface area contributed by atoms with Crippen molar-refractivity contribution in [1.82, 2.24) is 4.90 Å². The molecule has 32 heavy (non-hydrogen) atoms. The van der Waals surface area contributed by atoms with E-state index in [0.717, 1.165) is 43.3 Å². The predicted molar refractivity (Wildman–Crippen MR) is 128 cm³/mol. The van der Waals surface area contributed by atoms with Crippen LogP contribution in [0.15, 0.2) is 64.9 Å². The Bertz CT molecular complexity index is 1140. The fraction of sp³-hybridized carbons (Fsp3) is 0.333. The first-order chi connectivity index (χ1) is 15.5. The lowest BCUT2D eigenvalue weighted by Crippen LogP contribution is -2.35. The van der Waals surface area contributed by atoms with Gasteiger partial charge < -0.3 is 9.47 Å². The van der Waals surface area contributed by atoms with Crippen LogP contribution in [-0.2, 0) is 27.8 Å². The number of hydrogen-bond donors (Lipinski definition) is 0. The highest BCUT2D eigenvalue weighted by atomic mass is 32.2. The number of anilines is 1. The summed E-state index contributed by atoms with van der Waals surface area (Å²) in [5.41, 5.74) is 2.54. The van der Waals surface area contributed by atoms with Crippen LogP contribution in [0, 0.1) is 6.92 Å². The van der Waals surface area contributed by atoms with Crippen molar-refractivity contribution >= 4 is 27.0 Å². The van der Waals surface area contributed by atoms with E-state index in [4.69, 9.17) is 9.47 Å². The van der Waals surface area contributed by atoms with Gasteiger partial charge in [0.25, 0.3) is 10.0 Å². The Balaban J connectivity index is 1.63. The third-order valence-electron chi connectivity index (χ3n) is 5.54. The van der Waals surface area contributed by atoms with Crippen molar-refractivity contribution in [3.63, 3.8) is 0 Å². The average molecular weight is 473 g/mol. The summed E-state index contributed by atoms with van der Waals surface area (Å²) in [6, 6.07) is 16.4. The molecule has 2 aromatic carbocycles. The van der Waals surface area contributed by atoms with Crippen molar-refractivity contribution in [1.29, 1.82) is 0 Å². The monoisotopic (exact) mass is 472 g/mol. The first kappa shape index (κ1) is 22.8. The smallest absolute Gasteiger partial charge is 0.264 e. The third-order valence-corrected chi connectivity index (χ3v) is 8.44. The van der Waals surface area contributed by atoms with Crippen LogP contribution >= 0.6 is 11.3 Å². The minimum Gasteiger partial charge on any atom is -0.497 e. The van der Waals surface area contributed by atoms with E-state index in [9.17, 15) is 8.42 Å². The number of hydrogen-bond acceptors (Lipinski definition) is 6. The second-order valence-electron chi connectivity index (χ2n) is 7.78. The SMILES string of the molecule is COc1ccc(N(Cc2cc(CN3CCOCC3)cs2)S(=O)(=O)c2ccccc2C)cc1. The molecule has 6 nitrogen and oxygen atoms in total. The maximum Gasteiger partial charge on any atom is 0.264 e. The van der Waals surface area contributed by atoms with Crippen molar-refractivity contribution in [2.24, 2.45) is 0 Å². The fourth-order valence-corrected chi connectivity index (χ4v) is 6.40. The Morgan fingerprint density at radius 3 is 2.50 bits per heavy atom. The molecule has 2 heterocycles. The quantitative estimate of drug-likeness (QED) is 0.489. The summed E-state index contributed by atoms with van der Waals surface area (Å²) in [6.45, 7) is 6.32. The van der Waals surface area contributed by atoms with Gasteiger partial charge in [0.2, 0.25) is 0 Å². The summed E-state index contributed by atoms with van der Waals surface area (Å²) >= 11 is 1.60. The number of aryl methyl sites for hydroxylation is 1. The van der Waals surface area contributed by atoms with Gasteiger partial charge in [-0.1, -0.05) is 18.2 Å². The molecule has 1 saturated heterocycles. The highest BCUT2D eigenvalue weighted by Crippen LogP contribution is 2.30. The van der Waals surface area contributed by atoms with E-state index in [1.807, 2.05) is 19.1 Å². The van der Waals surface area contributed by atoms with Gasteiger partial charge in [0, 0.05) is 24.5 Å². The van der Waals surface area contributed by atoms with Crippen LogP contribution in [-0.4, -0.2) is 46.7 Å². The Morgan fingerprint density at radius 1 is 1.09 bits per heavy atom. The lowest BCUT2D eigenvalue weighted by Gasteiger charge is -2.26. The summed E-state index contributed by atoms with van der Waals surface area (Å²) in [4.78, 5) is 3.68. The van der Waals surface area contributed by atoms with E-state index in [0.29, 0.717) is 16.3 Å². The van der Waals surface area contributed by atoms with E-state index in [1.54, 1.807) is 54.8 Å². The van der Waals surface area contributed by atoms with Gasteiger partial charge in [-0.3, -0.25) is 9.21 Å². The number of nitrogens with zero attached hydrogens (tertiary/aromatic N) is 2. The number of thiophene rings is 1. The largest absolute Gasteiger partial charge is 0.497 e. The number of rotatable bonds is 8. The molecule has 8 heteroatoms. The number of ether oxygens (including phenoxy) is 2. The maximum atomic E-state index is 13.7. The van der Waals surface area contributed by atoms with Crippen LogP contribution in [0.3, 0.4) is 0 Å². The highest BCUT2D eigenvalue weighted by molar-refractivity contribution is 7.92. The molecular weight excluding hydrogens is 444 g/mol. The normalized spacial score (nSPS) is 14.9. The molecule has 0 spiro atoms. The van der Waals surface area contributed by atoms with Crippen molar-refractivity contribution in [2.45, 2.75) is 24.9 Å². The van der Waals surface area contributed by atoms with Crippen molar-refractivity contribution in [2.75, 3.05) is 37.7 Å². The van der Waals surface area contributed by atoms with Crippen molar-refractivity contribution in [3.8, 4) is 5.75 Å². The molecule has 0 saturated carbocycles. The number of sulfonamides is 1. The predicted octanol–water partition coefficient (Wildman–Crippen LogP) is 4.29. The second kappa shape index (κ2) is 10.0. The lowest BCUT2D eigenvalue weighted by molar-refractivity contribution is 0.0342. The zero-order chi connectivity index (χ0) is 22.6. The molecule has 1 aliphatic rings. The number of morpholine rings is 1. The number of benzene rings is 2. The summed E-state index contributed by atoms with van der Waals surface area (Å²) in [6.07, 6.45) is 0. The molecule has 170 valence electrons. The molecule has 0 atom stereocenters. The third kappa shape index (κ3) is 5.15. The van der Waals surface area contributed by atoms with Gasteiger partial charge in [0.15, 0.2) is 0 Å². The molecule has 0 unspecified atom stereocenters. The van der Waals surface area contributed by atoms with Crippen molar-refractivity contribution in [3.05, 3.63) is 76.0 Å². The van der Waals surface area contributed by atoms with Gasteiger partial charge in [0.1, 0.15) is 5.75 Å². The minimum atomic E-state index is -3.75. The van der Waals surface area contributed by atoms with Gasteiger partial charge in [-0.15, -0.1) is 11.3 Å². The molecule has 4 rings (SSSR count). The first-order valence-corrected chi connectivity index (χ1v) is 12.9. The molecule has 0 amide bonds. The highest BCUT2D eigenvalue weighted by Gasteiger charge is 2.27. The molecule has 0 aliphatic carbocycles. The standard InChI is InChI=1S/C24H28N2O4S2/c1-19-5-3-4-6-24(19)32(27,28)26(21-7-9-22(29-2)10-8-21)17-23-15-20(18-31-23)16-25-11-13-30-14-12-25/h3-10,15,18H,11-14,16-17H2,1-2H3. The Morgan fingerprint density at radius 2 is 1.81 bits per heavy atom. The Labute approximate surface area is 194 Å². The second-order valence-corrected chi connectivity index (χ2v) is 10.6. The molecule has 0 N–H and O–H groups in total. The van der Waals surface area contributed by atoms with Crippen LogP contribution < -0.4 is 9.04 Å². The maximum absolute atomic E-state index is 13.7. The van der Waals surface area contributed by atoms with Crippen LogP contribution in [0.2, 0.25) is 0 Å².